The molecule has 2 aromatic rings. The molecule has 1 N–H and O–H groups in total. The van der Waals surface area contributed by atoms with Crippen LogP contribution in [0.25, 0.3) is 0 Å². The van der Waals surface area contributed by atoms with E-state index in [1.54, 1.807) is 18.7 Å². The number of likely N-dealkylation sites (tertiary alicyclic amines) is 1. The summed E-state index contributed by atoms with van der Waals surface area (Å²) in [6, 6.07) is 7.78. The number of hydrogen-bond acceptors (Lipinski definition) is 6. The van der Waals surface area contributed by atoms with Gasteiger partial charge in [-0.3, -0.25) is 4.79 Å². The maximum atomic E-state index is 13.0. The Morgan fingerprint density at radius 1 is 1.32 bits per heavy atom. The van der Waals surface area contributed by atoms with E-state index in [0.29, 0.717) is 29.3 Å². The molecule has 1 aromatic carbocycles. The fourth-order valence-corrected chi connectivity index (χ4v) is 4.38. The molecule has 0 spiro atoms. The number of aryl methyl sites for hydroxylation is 1. The number of halogens is 1. The third-order valence-corrected chi connectivity index (χ3v) is 5.77. The van der Waals surface area contributed by atoms with E-state index in [0.717, 1.165) is 36.6 Å². The van der Waals surface area contributed by atoms with E-state index >= 15 is 0 Å². The van der Waals surface area contributed by atoms with Crippen LogP contribution in [0.2, 0.25) is 0 Å². The third-order valence-electron chi connectivity index (χ3n) is 4.71. The van der Waals surface area contributed by atoms with Crippen LogP contribution in [-0.4, -0.2) is 47.1 Å². The molecule has 6 nitrogen and oxygen atoms in total. The van der Waals surface area contributed by atoms with Crippen molar-refractivity contribution < 1.29 is 9.32 Å². The lowest BCUT2D eigenvalue weighted by Crippen LogP contribution is -2.32. The predicted octanol–water partition coefficient (Wildman–Crippen LogP) is 2.38. The lowest BCUT2D eigenvalue weighted by atomic mass is 10.0. The minimum atomic E-state index is 0. The van der Waals surface area contributed by atoms with Crippen LogP contribution in [0.5, 0.6) is 0 Å². The van der Waals surface area contributed by atoms with Crippen molar-refractivity contribution >= 4 is 30.1 Å². The second kappa shape index (κ2) is 7.76. The molecule has 2 atom stereocenters. The highest BCUT2D eigenvalue weighted by molar-refractivity contribution is 7.98. The summed E-state index contributed by atoms with van der Waals surface area (Å²) in [5.74, 6) is 3.13. The van der Waals surface area contributed by atoms with Crippen LogP contribution in [0.15, 0.2) is 33.7 Å². The van der Waals surface area contributed by atoms with E-state index < -0.39 is 0 Å². The zero-order valence-corrected chi connectivity index (χ0v) is 15.6. The van der Waals surface area contributed by atoms with Gasteiger partial charge in [0.25, 0.3) is 5.91 Å². The van der Waals surface area contributed by atoms with Crippen molar-refractivity contribution in [2.24, 2.45) is 11.8 Å². The minimum Gasteiger partial charge on any atom is -0.338 e. The number of carbonyl (C=O) groups is 1. The molecule has 1 aromatic heterocycles. The third kappa shape index (κ3) is 3.83. The van der Waals surface area contributed by atoms with Crippen LogP contribution >= 0.6 is 24.2 Å². The van der Waals surface area contributed by atoms with E-state index in [-0.39, 0.29) is 18.3 Å². The Balaban J connectivity index is 0.00000182. The SMILES string of the molecule is Cc1noc(CSc2ccccc2C(=O)N2C[C@H]3CNC[C@H]3C2)n1.Cl. The summed E-state index contributed by atoms with van der Waals surface area (Å²) >= 11 is 1.57. The molecule has 2 fully saturated rings. The Morgan fingerprint density at radius 3 is 2.72 bits per heavy atom. The van der Waals surface area contributed by atoms with Gasteiger partial charge in [-0.25, -0.2) is 0 Å². The van der Waals surface area contributed by atoms with Gasteiger partial charge in [-0.2, -0.15) is 4.98 Å². The van der Waals surface area contributed by atoms with Gasteiger partial charge in [0.2, 0.25) is 5.89 Å². The molecule has 3 heterocycles. The van der Waals surface area contributed by atoms with Crippen LogP contribution in [0.4, 0.5) is 0 Å². The van der Waals surface area contributed by atoms with E-state index in [2.05, 4.69) is 15.5 Å². The second-order valence-corrected chi connectivity index (χ2v) is 7.43. The lowest BCUT2D eigenvalue weighted by molar-refractivity contribution is 0.0778. The smallest absolute Gasteiger partial charge is 0.255 e. The van der Waals surface area contributed by atoms with Gasteiger partial charge in [-0.05, 0) is 30.9 Å². The summed E-state index contributed by atoms with van der Waals surface area (Å²) in [5.41, 5.74) is 0.770. The Morgan fingerprint density at radius 2 is 2.04 bits per heavy atom. The first-order chi connectivity index (χ1) is 11.7. The average Bonchev–Trinajstić information content (AvgIpc) is 3.28. The van der Waals surface area contributed by atoms with Crippen molar-refractivity contribution in [1.82, 2.24) is 20.4 Å². The van der Waals surface area contributed by atoms with Gasteiger partial charge in [0.1, 0.15) is 0 Å². The van der Waals surface area contributed by atoms with E-state index in [9.17, 15) is 4.79 Å². The largest absolute Gasteiger partial charge is 0.338 e. The number of fused-ring (bicyclic) bond motifs is 1. The molecule has 0 bridgehead atoms. The molecule has 0 radical (unpaired) electrons. The summed E-state index contributed by atoms with van der Waals surface area (Å²) in [7, 11) is 0. The Labute approximate surface area is 157 Å². The first kappa shape index (κ1) is 18.2. The quantitative estimate of drug-likeness (QED) is 0.821. The fourth-order valence-electron chi connectivity index (χ4n) is 3.50. The highest BCUT2D eigenvalue weighted by atomic mass is 35.5. The van der Waals surface area contributed by atoms with E-state index in [1.807, 2.05) is 29.2 Å². The van der Waals surface area contributed by atoms with Crippen LogP contribution in [0.3, 0.4) is 0 Å². The molecule has 8 heteroatoms. The molecule has 1 amide bonds. The molecule has 4 rings (SSSR count). The molecule has 25 heavy (non-hydrogen) atoms. The Kier molecular flexibility index (Phi) is 5.66. The van der Waals surface area contributed by atoms with Gasteiger partial charge < -0.3 is 14.7 Å². The Bertz CT molecular complexity index is 742. The van der Waals surface area contributed by atoms with Crippen molar-refractivity contribution in [2.45, 2.75) is 17.6 Å². The molecule has 2 aliphatic heterocycles. The summed E-state index contributed by atoms with van der Waals surface area (Å²) in [6.07, 6.45) is 0. The van der Waals surface area contributed by atoms with Crippen molar-refractivity contribution in [3.05, 3.63) is 41.5 Å². The zero-order valence-electron chi connectivity index (χ0n) is 14.0. The molecule has 2 aliphatic rings. The van der Waals surface area contributed by atoms with Crippen LogP contribution in [0, 0.1) is 18.8 Å². The normalized spacial score (nSPS) is 21.9. The summed E-state index contributed by atoms with van der Waals surface area (Å²) < 4.78 is 5.15. The second-order valence-electron chi connectivity index (χ2n) is 6.41. The molecule has 0 saturated carbocycles. The monoisotopic (exact) mass is 380 g/mol. The predicted molar refractivity (Wildman–Crippen MR) is 98.0 cm³/mol. The van der Waals surface area contributed by atoms with Crippen molar-refractivity contribution in [3.63, 3.8) is 0 Å². The highest BCUT2D eigenvalue weighted by Gasteiger charge is 2.38. The maximum Gasteiger partial charge on any atom is 0.255 e. The van der Waals surface area contributed by atoms with Crippen LogP contribution in [0.1, 0.15) is 22.1 Å². The number of rotatable bonds is 4. The van der Waals surface area contributed by atoms with Crippen molar-refractivity contribution in [3.8, 4) is 0 Å². The maximum absolute atomic E-state index is 13.0. The van der Waals surface area contributed by atoms with Crippen molar-refractivity contribution in [1.29, 1.82) is 0 Å². The number of thioether (sulfide) groups is 1. The molecular weight excluding hydrogens is 360 g/mol. The van der Waals surface area contributed by atoms with Gasteiger partial charge in [0, 0.05) is 31.1 Å². The molecule has 0 aliphatic carbocycles. The average molecular weight is 381 g/mol. The topological polar surface area (TPSA) is 71.3 Å². The first-order valence-corrected chi connectivity index (χ1v) is 9.20. The van der Waals surface area contributed by atoms with E-state index in [4.69, 9.17) is 4.52 Å². The van der Waals surface area contributed by atoms with Gasteiger partial charge in [-0.15, -0.1) is 24.2 Å². The fraction of sp³-hybridized carbons (Fsp3) is 0.471. The zero-order chi connectivity index (χ0) is 16.5. The standard InChI is InChI=1S/C17H20N4O2S.ClH/c1-11-19-16(23-20-11)10-24-15-5-3-2-4-14(15)17(22)21-8-12-6-18-7-13(12)9-21;/h2-5,12-13,18H,6-10H2,1H3;1H/t12-,13+;. The molecule has 0 unspecified atom stereocenters. The highest BCUT2D eigenvalue weighted by Crippen LogP contribution is 2.31. The summed E-state index contributed by atoms with van der Waals surface area (Å²) in [4.78, 5) is 20.1. The lowest BCUT2D eigenvalue weighted by Gasteiger charge is -2.19. The molecule has 134 valence electrons. The van der Waals surface area contributed by atoms with E-state index in [1.165, 1.54) is 0 Å². The summed E-state index contributed by atoms with van der Waals surface area (Å²) in [6.45, 7) is 5.58. The number of nitrogens with zero attached hydrogens (tertiary/aromatic N) is 3. The van der Waals surface area contributed by atoms with Gasteiger partial charge in [0.05, 0.1) is 11.3 Å². The number of benzene rings is 1. The van der Waals surface area contributed by atoms with Gasteiger partial charge in [-0.1, -0.05) is 17.3 Å². The number of carbonyl (C=O) groups excluding carboxylic acids is 1. The molecular formula is C17H21ClN4O2S. The Hall–Kier alpha value is -1.57. The number of hydrogen-bond donors (Lipinski definition) is 1. The molecule has 2 saturated heterocycles. The number of nitrogens with one attached hydrogen (secondary N) is 1. The van der Waals surface area contributed by atoms with Crippen LogP contribution < -0.4 is 5.32 Å². The van der Waals surface area contributed by atoms with Crippen LogP contribution in [-0.2, 0) is 5.75 Å². The minimum absolute atomic E-state index is 0. The number of amides is 1. The van der Waals surface area contributed by atoms with Gasteiger partial charge in [0.15, 0.2) is 5.82 Å². The summed E-state index contributed by atoms with van der Waals surface area (Å²) in [5, 5.41) is 7.21. The van der Waals surface area contributed by atoms with Crippen molar-refractivity contribution in [2.75, 3.05) is 26.2 Å². The first-order valence-electron chi connectivity index (χ1n) is 8.21. The van der Waals surface area contributed by atoms with Gasteiger partial charge >= 0.3 is 0 Å². The number of aromatic nitrogens is 2.